The van der Waals surface area contributed by atoms with Crippen molar-refractivity contribution in [2.24, 2.45) is 11.8 Å². The molecule has 2 amide bonds. The molecule has 1 fully saturated rings. The number of nitrogens with zero attached hydrogens (tertiary/aromatic N) is 1. The zero-order valence-electron chi connectivity index (χ0n) is 12.2. The molecule has 1 aliphatic heterocycles. The summed E-state index contributed by atoms with van der Waals surface area (Å²) in [5.41, 5.74) is -0.597. The Labute approximate surface area is 124 Å². The van der Waals surface area contributed by atoms with Crippen molar-refractivity contribution in [1.82, 2.24) is 10.6 Å². The molecule has 2 N–H and O–H groups in total. The van der Waals surface area contributed by atoms with Crippen molar-refractivity contribution >= 4 is 11.8 Å². The molecule has 0 spiro atoms. The lowest BCUT2D eigenvalue weighted by Gasteiger charge is -2.30. The molecular weight excluding hydrogens is 270 g/mol. The van der Waals surface area contributed by atoms with Gasteiger partial charge in [0.05, 0.1) is 24.1 Å². The largest absolute Gasteiger partial charge is 0.379 e. The van der Waals surface area contributed by atoms with Gasteiger partial charge in [0.25, 0.3) is 0 Å². The summed E-state index contributed by atoms with van der Waals surface area (Å²) in [6.07, 6.45) is 6.34. The van der Waals surface area contributed by atoms with Crippen LogP contribution >= 0.6 is 0 Å². The second-order valence-corrected chi connectivity index (χ2v) is 5.75. The first-order valence-corrected chi connectivity index (χ1v) is 7.30. The number of allylic oxidation sites excluding steroid dienone is 1. The summed E-state index contributed by atoms with van der Waals surface area (Å²) in [4.78, 5) is 24.0. The molecule has 0 aromatic carbocycles. The maximum absolute atomic E-state index is 12.1. The Hall–Kier alpha value is -1.87. The van der Waals surface area contributed by atoms with Crippen molar-refractivity contribution in [3.05, 3.63) is 12.2 Å². The smallest absolute Gasteiger partial charge is 0.237 e. The van der Waals surface area contributed by atoms with Gasteiger partial charge in [-0.25, -0.2) is 0 Å². The van der Waals surface area contributed by atoms with E-state index in [-0.39, 0.29) is 17.7 Å². The first-order valence-electron chi connectivity index (χ1n) is 7.30. The van der Waals surface area contributed by atoms with Crippen molar-refractivity contribution < 1.29 is 14.3 Å². The lowest BCUT2D eigenvalue weighted by Crippen LogP contribution is -2.57. The predicted octanol–water partition coefficient (Wildman–Crippen LogP) is 0.504. The average molecular weight is 291 g/mol. The van der Waals surface area contributed by atoms with Gasteiger partial charge in [0.15, 0.2) is 0 Å². The SMILES string of the molecule is CC(C#N)C(=O)NC1(CNC(=O)C2C=CCC2)CCOC1. The molecule has 0 saturated carbocycles. The fourth-order valence-corrected chi connectivity index (χ4v) is 2.56. The van der Waals surface area contributed by atoms with E-state index in [9.17, 15) is 9.59 Å². The number of rotatable bonds is 5. The summed E-state index contributed by atoms with van der Waals surface area (Å²) in [5, 5.41) is 14.6. The molecule has 21 heavy (non-hydrogen) atoms. The van der Waals surface area contributed by atoms with Crippen LogP contribution in [0, 0.1) is 23.2 Å². The Balaban J connectivity index is 1.92. The van der Waals surface area contributed by atoms with Crippen molar-refractivity contribution in [3.63, 3.8) is 0 Å². The Morgan fingerprint density at radius 2 is 2.38 bits per heavy atom. The van der Waals surface area contributed by atoms with E-state index in [4.69, 9.17) is 10.00 Å². The molecule has 0 aromatic rings. The van der Waals surface area contributed by atoms with Crippen LogP contribution in [0.1, 0.15) is 26.2 Å². The fraction of sp³-hybridized carbons (Fsp3) is 0.667. The molecule has 6 nitrogen and oxygen atoms in total. The molecule has 0 aromatic heterocycles. The summed E-state index contributed by atoms with van der Waals surface area (Å²) in [6.45, 7) is 2.79. The normalized spacial score (nSPS) is 28.9. The number of nitriles is 1. The standard InChI is InChI=1S/C15H21N3O3/c1-11(8-16)13(19)18-15(6-7-21-10-15)9-17-14(20)12-4-2-3-5-12/h2,4,11-12H,3,5-7,9-10H2,1H3,(H,17,20)(H,18,19). The van der Waals surface area contributed by atoms with Gasteiger partial charge in [-0.3, -0.25) is 9.59 Å². The van der Waals surface area contributed by atoms with E-state index in [1.54, 1.807) is 6.92 Å². The molecule has 1 saturated heterocycles. The van der Waals surface area contributed by atoms with Crippen molar-refractivity contribution in [1.29, 1.82) is 5.26 Å². The van der Waals surface area contributed by atoms with Crippen LogP contribution in [0.5, 0.6) is 0 Å². The number of carbonyl (C=O) groups is 2. The minimum atomic E-state index is -0.712. The quantitative estimate of drug-likeness (QED) is 0.722. The number of carbonyl (C=O) groups excluding carboxylic acids is 2. The summed E-state index contributed by atoms with van der Waals surface area (Å²) in [5.74, 6) is -1.12. The number of hydrogen-bond donors (Lipinski definition) is 2. The minimum Gasteiger partial charge on any atom is -0.379 e. The number of amides is 2. The van der Waals surface area contributed by atoms with Crippen molar-refractivity contribution in [3.8, 4) is 6.07 Å². The third-order valence-corrected chi connectivity index (χ3v) is 4.03. The van der Waals surface area contributed by atoms with Crippen LogP contribution in [0.15, 0.2) is 12.2 Å². The zero-order chi connectivity index (χ0) is 15.3. The van der Waals surface area contributed by atoms with Crippen LogP contribution in [-0.2, 0) is 14.3 Å². The van der Waals surface area contributed by atoms with E-state index in [0.717, 1.165) is 12.8 Å². The molecule has 1 aliphatic carbocycles. The lowest BCUT2D eigenvalue weighted by molar-refractivity contribution is -0.127. The topological polar surface area (TPSA) is 91.2 Å². The van der Waals surface area contributed by atoms with Gasteiger partial charge in [-0.05, 0) is 26.2 Å². The number of hydrogen-bond acceptors (Lipinski definition) is 4. The van der Waals surface area contributed by atoms with Gasteiger partial charge in [0, 0.05) is 13.2 Å². The Bertz CT molecular complexity index is 475. The fourth-order valence-electron chi connectivity index (χ4n) is 2.56. The predicted molar refractivity (Wildman–Crippen MR) is 76.0 cm³/mol. The summed E-state index contributed by atoms with van der Waals surface area (Å²) < 4.78 is 5.37. The highest BCUT2D eigenvalue weighted by atomic mass is 16.5. The molecular formula is C15H21N3O3. The van der Waals surface area contributed by atoms with E-state index >= 15 is 0 Å². The molecule has 6 heteroatoms. The van der Waals surface area contributed by atoms with Gasteiger partial charge < -0.3 is 15.4 Å². The number of nitrogens with one attached hydrogen (secondary N) is 2. The summed E-state index contributed by atoms with van der Waals surface area (Å²) >= 11 is 0. The maximum atomic E-state index is 12.1. The van der Waals surface area contributed by atoms with E-state index in [2.05, 4.69) is 10.6 Å². The highest BCUT2D eigenvalue weighted by Crippen LogP contribution is 2.20. The van der Waals surface area contributed by atoms with E-state index in [1.165, 1.54) is 0 Å². The van der Waals surface area contributed by atoms with Gasteiger partial charge in [-0.15, -0.1) is 0 Å². The van der Waals surface area contributed by atoms with Crippen LogP contribution in [0.2, 0.25) is 0 Å². The van der Waals surface area contributed by atoms with Gasteiger partial charge >= 0.3 is 0 Å². The second-order valence-electron chi connectivity index (χ2n) is 5.75. The highest BCUT2D eigenvalue weighted by molar-refractivity contribution is 5.82. The van der Waals surface area contributed by atoms with Gasteiger partial charge in [-0.1, -0.05) is 12.2 Å². The van der Waals surface area contributed by atoms with Crippen LogP contribution in [0.25, 0.3) is 0 Å². The van der Waals surface area contributed by atoms with Crippen LogP contribution in [0.3, 0.4) is 0 Å². The molecule has 2 rings (SSSR count). The van der Waals surface area contributed by atoms with E-state index < -0.39 is 11.5 Å². The van der Waals surface area contributed by atoms with E-state index in [0.29, 0.717) is 26.2 Å². The molecule has 0 bridgehead atoms. The van der Waals surface area contributed by atoms with Gasteiger partial charge in [0.1, 0.15) is 5.92 Å². The third-order valence-electron chi connectivity index (χ3n) is 4.03. The van der Waals surface area contributed by atoms with Gasteiger partial charge in [0.2, 0.25) is 11.8 Å². The van der Waals surface area contributed by atoms with Crippen LogP contribution in [0.4, 0.5) is 0 Å². The number of ether oxygens (including phenoxy) is 1. The monoisotopic (exact) mass is 291 g/mol. The van der Waals surface area contributed by atoms with Gasteiger partial charge in [-0.2, -0.15) is 5.26 Å². The first kappa shape index (κ1) is 15.5. The Morgan fingerprint density at radius 1 is 1.57 bits per heavy atom. The molecule has 114 valence electrons. The maximum Gasteiger partial charge on any atom is 0.237 e. The average Bonchev–Trinajstić information content (AvgIpc) is 3.16. The molecule has 2 aliphatic rings. The minimum absolute atomic E-state index is 0.0161. The Kier molecular flexibility index (Phi) is 4.97. The molecule has 0 radical (unpaired) electrons. The zero-order valence-corrected chi connectivity index (χ0v) is 12.2. The lowest BCUT2D eigenvalue weighted by atomic mass is 9.96. The van der Waals surface area contributed by atoms with Crippen molar-refractivity contribution in [2.45, 2.75) is 31.7 Å². The molecule has 1 heterocycles. The first-order chi connectivity index (χ1) is 10.1. The Morgan fingerprint density at radius 3 is 2.95 bits per heavy atom. The van der Waals surface area contributed by atoms with Crippen LogP contribution < -0.4 is 10.6 Å². The summed E-state index contributed by atoms with van der Waals surface area (Å²) in [7, 11) is 0. The second kappa shape index (κ2) is 6.72. The van der Waals surface area contributed by atoms with E-state index in [1.807, 2.05) is 18.2 Å². The summed E-state index contributed by atoms with van der Waals surface area (Å²) in [6, 6.07) is 1.92. The van der Waals surface area contributed by atoms with Crippen LogP contribution in [-0.4, -0.2) is 37.1 Å². The molecule has 3 atom stereocenters. The molecule has 3 unspecified atom stereocenters. The third kappa shape index (κ3) is 3.82. The highest BCUT2D eigenvalue weighted by Gasteiger charge is 2.38. The van der Waals surface area contributed by atoms with Crippen molar-refractivity contribution in [2.75, 3.05) is 19.8 Å².